The highest BCUT2D eigenvalue weighted by Crippen LogP contribution is 2.39. The Hall–Kier alpha value is -3.06. The van der Waals surface area contributed by atoms with Gasteiger partial charge in [0.25, 0.3) is 0 Å². The first kappa shape index (κ1) is 15.2. The van der Waals surface area contributed by atoms with Gasteiger partial charge in [-0.25, -0.2) is 4.99 Å². The average Bonchev–Trinajstić information content (AvgIpc) is 3.19. The normalized spacial score (nSPS) is 21.7. The molecule has 3 aromatic rings. The van der Waals surface area contributed by atoms with Crippen LogP contribution in [0.3, 0.4) is 0 Å². The average molecular weight is 348 g/mol. The smallest absolute Gasteiger partial charge is 0.192 e. The maximum atomic E-state index is 6.56. The van der Waals surface area contributed by atoms with Crippen LogP contribution in [0, 0.1) is 0 Å². The molecule has 2 aliphatic rings. The van der Waals surface area contributed by atoms with E-state index < -0.39 is 5.79 Å². The number of amidine groups is 1. The van der Waals surface area contributed by atoms with Crippen molar-refractivity contribution in [2.24, 2.45) is 10.7 Å². The quantitative estimate of drug-likeness (QED) is 0.580. The fraction of sp³-hybridized carbons (Fsp3) is 0.263. The zero-order chi connectivity index (χ0) is 17.6. The Labute approximate surface area is 150 Å². The molecule has 3 heterocycles. The second-order valence-electron chi connectivity index (χ2n) is 6.94. The first-order valence-electron chi connectivity index (χ1n) is 8.80. The minimum Gasteiger partial charge on any atom is -0.459 e. The van der Waals surface area contributed by atoms with Crippen LogP contribution in [-0.2, 0) is 6.42 Å². The minimum atomic E-state index is -0.962. The molecule has 5 rings (SSSR count). The van der Waals surface area contributed by atoms with E-state index in [0.717, 1.165) is 22.8 Å². The van der Waals surface area contributed by atoms with Crippen molar-refractivity contribution in [1.29, 1.82) is 0 Å². The lowest BCUT2D eigenvalue weighted by atomic mass is 10.1. The van der Waals surface area contributed by atoms with Crippen LogP contribution in [0.5, 0.6) is 0 Å². The first-order valence-corrected chi connectivity index (χ1v) is 8.80. The van der Waals surface area contributed by atoms with E-state index in [1.54, 1.807) is 6.26 Å². The van der Waals surface area contributed by atoms with Crippen molar-refractivity contribution in [3.8, 4) is 0 Å². The van der Waals surface area contributed by atoms with E-state index >= 15 is 0 Å². The number of anilines is 2. The minimum absolute atomic E-state index is 0.553. The Balaban J connectivity index is 1.45. The number of nitrogens with two attached hydrogens (primary N) is 1. The Morgan fingerprint density at radius 1 is 1.23 bits per heavy atom. The molecular formula is C19H20N6O. The summed E-state index contributed by atoms with van der Waals surface area (Å²) in [6.45, 7) is 0. The maximum absolute atomic E-state index is 6.56. The van der Waals surface area contributed by atoms with Crippen molar-refractivity contribution in [1.82, 2.24) is 10.2 Å². The van der Waals surface area contributed by atoms with E-state index in [9.17, 15) is 0 Å². The van der Waals surface area contributed by atoms with Gasteiger partial charge in [-0.1, -0.05) is 30.3 Å². The van der Waals surface area contributed by atoms with E-state index in [1.165, 1.54) is 12.8 Å². The number of nitrogens with zero attached hydrogens (tertiary/aromatic N) is 2. The Kier molecular flexibility index (Phi) is 3.36. The van der Waals surface area contributed by atoms with E-state index in [4.69, 9.17) is 15.1 Å². The lowest BCUT2D eigenvalue weighted by Crippen LogP contribution is -2.51. The van der Waals surface area contributed by atoms with Gasteiger partial charge in [-0.3, -0.25) is 10.8 Å². The number of aliphatic imine (C=N–C) groups is 1. The Morgan fingerprint density at radius 3 is 2.88 bits per heavy atom. The summed E-state index contributed by atoms with van der Waals surface area (Å²) in [6, 6.07) is 14.0. The maximum Gasteiger partial charge on any atom is 0.192 e. The van der Waals surface area contributed by atoms with Crippen molar-refractivity contribution in [3.05, 3.63) is 65.7 Å². The van der Waals surface area contributed by atoms with Gasteiger partial charge >= 0.3 is 0 Å². The third kappa shape index (κ3) is 2.86. The van der Waals surface area contributed by atoms with Gasteiger partial charge in [0.15, 0.2) is 23.2 Å². The summed E-state index contributed by atoms with van der Waals surface area (Å²) < 4.78 is 5.60. The molecule has 2 aromatic heterocycles. The van der Waals surface area contributed by atoms with E-state index in [2.05, 4.69) is 20.8 Å². The molecule has 0 spiro atoms. The summed E-state index contributed by atoms with van der Waals surface area (Å²) in [5.41, 5.74) is 9.64. The van der Waals surface area contributed by atoms with Crippen LogP contribution >= 0.6 is 0 Å². The van der Waals surface area contributed by atoms with Gasteiger partial charge in [-0.05, 0) is 18.4 Å². The van der Waals surface area contributed by atoms with Gasteiger partial charge < -0.3 is 15.1 Å². The van der Waals surface area contributed by atoms with Crippen molar-refractivity contribution in [2.75, 3.05) is 10.6 Å². The van der Waals surface area contributed by atoms with E-state index in [0.29, 0.717) is 23.9 Å². The van der Waals surface area contributed by atoms with Crippen LogP contribution in [0.1, 0.15) is 35.8 Å². The zero-order valence-electron chi connectivity index (χ0n) is 14.2. The van der Waals surface area contributed by atoms with Crippen LogP contribution < -0.4 is 16.4 Å². The fourth-order valence-corrected chi connectivity index (χ4v) is 3.30. The molecule has 1 unspecified atom stereocenters. The molecule has 7 heteroatoms. The molecule has 7 nitrogen and oxygen atoms in total. The number of furan rings is 1. The van der Waals surface area contributed by atoms with Crippen LogP contribution in [0.15, 0.2) is 58.1 Å². The molecule has 0 bridgehead atoms. The van der Waals surface area contributed by atoms with E-state index in [1.807, 2.05) is 42.5 Å². The van der Waals surface area contributed by atoms with Crippen molar-refractivity contribution in [3.63, 3.8) is 0 Å². The second-order valence-corrected chi connectivity index (χ2v) is 6.94. The molecule has 0 amide bonds. The largest absolute Gasteiger partial charge is 0.459 e. The van der Waals surface area contributed by atoms with Crippen LogP contribution in [-0.4, -0.2) is 21.8 Å². The van der Waals surface area contributed by atoms with Gasteiger partial charge in [0.1, 0.15) is 0 Å². The third-order valence-corrected chi connectivity index (χ3v) is 4.72. The monoisotopic (exact) mass is 348 g/mol. The standard InChI is InChI=1S/C19H20N6O/c20-19(11-12-4-2-1-3-5-12)22-14-8-9-26-17(14)18(23-19)21-16-10-15(24-25-16)13-6-7-13/h1-5,8-10,13,22H,6-7,11,20H2,(H2,21,23,24,25). The highest BCUT2D eigenvalue weighted by Gasteiger charge is 2.34. The molecule has 132 valence electrons. The molecule has 1 saturated carbocycles. The van der Waals surface area contributed by atoms with Crippen molar-refractivity contribution >= 4 is 17.3 Å². The van der Waals surface area contributed by atoms with Crippen LogP contribution in [0.25, 0.3) is 0 Å². The Morgan fingerprint density at radius 2 is 2.08 bits per heavy atom. The molecule has 1 aliphatic heterocycles. The molecule has 1 atom stereocenters. The molecular weight excluding hydrogens is 328 g/mol. The van der Waals surface area contributed by atoms with Gasteiger partial charge in [0.2, 0.25) is 0 Å². The Bertz CT molecular complexity index is 955. The van der Waals surface area contributed by atoms with Crippen LogP contribution in [0.2, 0.25) is 0 Å². The summed E-state index contributed by atoms with van der Waals surface area (Å²) in [6.07, 6.45) is 4.62. The van der Waals surface area contributed by atoms with Gasteiger partial charge in [0, 0.05) is 30.2 Å². The SMILES string of the molecule is NC1(Cc2ccccc2)N=C(Nc2cc(C3CC3)[nH]n2)c2occc2N1. The summed E-state index contributed by atoms with van der Waals surface area (Å²) >= 11 is 0. The third-order valence-electron chi connectivity index (χ3n) is 4.72. The molecule has 1 fully saturated rings. The number of aromatic amines is 1. The number of aromatic nitrogens is 2. The molecule has 1 aromatic carbocycles. The number of rotatable bonds is 4. The highest BCUT2D eigenvalue weighted by molar-refractivity contribution is 6.10. The van der Waals surface area contributed by atoms with Gasteiger partial charge in [-0.2, -0.15) is 5.10 Å². The number of fused-ring (bicyclic) bond motifs is 1. The fourth-order valence-electron chi connectivity index (χ4n) is 3.30. The summed E-state index contributed by atoms with van der Waals surface area (Å²) in [7, 11) is 0. The predicted molar refractivity (Wildman–Crippen MR) is 100 cm³/mol. The lowest BCUT2D eigenvalue weighted by molar-refractivity contribution is 0.489. The number of benzene rings is 1. The molecule has 5 N–H and O–H groups in total. The van der Waals surface area contributed by atoms with Crippen LogP contribution in [0.4, 0.5) is 11.5 Å². The second kappa shape index (κ2) is 5.74. The summed E-state index contributed by atoms with van der Waals surface area (Å²) in [4.78, 5) is 4.71. The zero-order valence-corrected chi connectivity index (χ0v) is 14.2. The first-order chi connectivity index (χ1) is 12.7. The molecule has 1 aliphatic carbocycles. The molecule has 26 heavy (non-hydrogen) atoms. The van der Waals surface area contributed by atoms with Gasteiger partial charge in [0.05, 0.1) is 12.0 Å². The summed E-state index contributed by atoms with van der Waals surface area (Å²) in [5.74, 6) is 1.58. The van der Waals surface area contributed by atoms with Crippen molar-refractivity contribution in [2.45, 2.75) is 31.0 Å². The number of nitrogens with one attached hydrogen (secondary N) is 3. The number of H-pyrrole nitrogens is 1. The van der Waals surface area contributed by atoms with Gasteiger partial charge in [-0.15, -0.1) is 0 Å². The number of hydrogen-bond acceptors (Lipinski definition) is 6. The molecule has 0 saturated heterocycles. The highest BCUT2D eigenvalue weighted by atomic mass is 16.3. The predicted octanol–water partition coefficient (Wildman–Crippen LogP) is 3.02. The topological polar surface area (TPSA) is 104 Å². The van der Waals surface area contributed by atoms with E-state index in [-0.39, 0.29) is 0 Å². The number of hydrogen-bond donors (Lipinski definition) is 4. The lowest BCUT2D eigenvalue weighted by Gasteiger charge is -2.31. The molecule has 0 radical (unpaired) electrons. The summed E-state index contributed by atoms with van der Waals surface area (Å²) in [5, 5.41) is 14.0. The van der Waals surface area contributed by atoms with Crippen molar-refractivity contribution < 1.29 is 4.42 Å².